The molecule has 2 rings (SSSR count). The molecule has 0 saturated carbocycles. The zero-order valence-corrected chi connectivity index (χ0v) is 15.0. The van der Waals surface area contributed by atoms with Gasteiger partial charge in [-0.15, -0.1) is 0 Å². The van der Waals surface area contributed by atoms with Crippen LogP contribution in [-0.2, 0) is 11.2 Å². The van der Waals surface area contributed by atoms with Gasteiger partial charge in [-0.2, -0.15) is 0 Å². The largest absolute Gasteiger partial charge is 0.372 e. The van der Waals surface area contributed by atoms with Crippen molar-refractivity contribution in [3.05, 3.63) is 59.8 Å². The average molecular weight is 316 g/mol. The highest BCUT2D eigenvalue weighted by Gasteiger charge is 2.26. The number of benzene rings is 1. The molecule has 23 heavy (non-hydrogen) atoms. The van der Waals surface area contributed by atoms with Crippen LogP contribution >= 0.6 is 0 Å². The Hall–Kier alpha value is -2.03. The summed E-state index contributed by atoms with van der Waals surface area (Å²) in [4.78, 5) is 14.5. The first-order chi connectivity index (χ1) is 10.9. The van der Waals surface area contributed by atoms with Gasteiger partial charge in [0.1, 0.15) is 0 Å². The summed E-state index contributed by atoms with van der Waals surface area (Å²) < 4.78 is 0. The smallest absolute Gasteiger partial charge is 0.209 e. The predicted octanol–water partition coefficient (Wildman–Crippen LogP) is 4.04. The zero-order chi connectivity index (χ0) is 17.4. The third-order valence-corrected chi connectivity index (χ3v) is 4.40. The van der Waals surface area contributed by atoms with E-state index in [1.54, 1.807) is 11.9 Å². The van der Waals surface area contributed by atoms with Crippen LogP contribution in [0.15, 0.2) is 48.7 Å². The van der Waals surface area contributed by atoms with Gasteiger partial charge in [-0.3, -0.25) is 4.79 Å². The summed E-state index contributed by atoms with van der Waals surface area (Å²) in [5.74, 6) is 0. The number of rotatable bonds is 4. The molecule has 3 heteroatoms. The maximum atomic E-state index is 10.6. The van der Waals surface area contributed by atoms with Crippen LogP contribution in [0.3, 0.4) is 0 Å². The predicted molar refractivity (Wildman–Crippen MR) is 100 cm³/mol. The van der Waals surface area contributed by atoms with E-state index in [1.165, 1.54) is 11.1 Å². The van der Waals surface area contributed by atoms with Crippen LogP contribution in [0, 0.1) is 6.92 Å². The number of nitrogens with zero attached hydrogens (tertiary/aromatic N) is 2. The Bertz CT molecular complexity index is 539. The number of hydrogen-bond acceptors (Lipinski definition) is 2. The van der Waals surface area contributed by atoms with Crippen molar-refractivity contribution in [3.8, 4) is 0 Å². The monoisotopic (exact) mass is 316 g/mol. The fourth-order valence-electron chi connectivity index (χ4n) is 2.68. The Morgan fingerprint density at radius 1 is 1.30 bits per heavy atom. The molecule has 1 fully saturated rings. The first-order valence-electron chi connectivity index (χ1n) is 8.30. The summed E-state index contributed by atoms with van der Waals surface area (Å²) in [5.41, 5.74) is 4.69. The van der Waals surface area contributed by atoms with Crippen molar-refractivity contribution < 1.29 is 6.22 Å². The van der Waals surface area contributed by atoms with Crippen molar-refractivity contribution in [2.45, 2.75) is 39.7 Å². The second-order valence-corrected chi connectivity index (χ2v) is 5.97. The van der Waals surface area contributed by atoms with E-state index < -0.39 is 0 Å². The van der Waals surface area contributed by atoms with Gasteiger partial charge in [-0.25, -0.2) is 0 Å². The highest BCUT2D eigenvalue weighted by Crippen LogP contribution is 2.26. The Kier molecular flexibility index (Phi) is 7.60. The number of likely N-dealkylation sites (tertiary alicyclic amines) is 1. The first kappa shape index (κ1) is 19.0. The van der Waals surface area contributed by atoms with E-state index in [2.05, 4.69) is 63.1 Å². The molecule has 1 aromatic rings. The molecule has 0 N–H and O–H groups in total. The molecule has 128 valence electrons. The van der Waals surface area contributed by atoms with Gasteiger partial charge in [-0.05, 0) is 37.8 Å². The van der Waals surface area contributed by atoms with Crippen molar-refractivity contribution in [2.24, 2.45) is 0 Å². The van der Waals surface area contributed by atoms with Gasteiger partial charge in [0, 0.05) is 27.3 Å². The second-order valence-electron chi connectivity index (χ2n) is 5.97. The molecule has 0 aromatic heterocycles. The minimum absolute atomic E-state index is 0. The summed E-state index contributed by atoms with van der Waals surface area (Å²) in [6, 6.07) is 8.78. The van der Waals surface area contributed by atoms with E-state index >= 15 is 0 Å². The van der Waals surface area contributed by atoms with E-state index in [0.29, 0.717) is 0 Å². The van der Waals surface area contributed by atoms with E-state index in [-0.39, 0.29) is 7.47 Å². The molecule has 1 aromatic carbocycles. The lowest BCUT2D eigenvalue weighted by Gasteiger charge is -2.39. The van der Waals surface area contributed by atoms with Crippen LogP contribution in [-0.4, -0.2) is 42.4 Å². The molecule has 1 aliphatic heterocycles. The molecule has 1 heterocycles. The number of aryl methyl sites for hydroxylation is 2. The number of carbonyl (C=O) groups excluding carboxylic acids is 1. The molecule has 1 amide bonds. The summed E-state index contributed by atoms with van der Waals surface area (Å²) >= 11 is 0. The molecule has 0 bridgehead atoms. The van der Waals surface area contributed by atoms with Crippen LogP contribution < -0.4 is 0 Å². The fraction of sp³-hybridized carbons (Fsp3) is 0.450. The van der Waals surface area contributed by atoms with Crippen molar-refractivity contribution in [3.63, 3.8) is 0 Å². The Morgan fingerprint density at radius 3 is 2.39 bits per heavy atom. The lowest BCUT2D eigenvalue weighted by Crippen LogP contribution is -2.42. The van der Waals surface area contributed by atoms with Crippen LogP contribution in [0.1, 0.15) is 32.8 Å². The van der Waals surface area contributed by atoms with Crippen molar-refractivity contribution in [1.29, 1.82) is 0 Å². The van der Waals surface area contributed by atoms with E-state index in [4.69, 9.17) is 0 Å². The van der Waals surface area contributed by atoms with Crippen LogP contribution in [0.4, 0.5) is 0 Å². The maximum Gasteiger partial charge on any atom is 0.209 e. The van der Waals surface area contributed by atoms with Gasteiger partial charge in [-0.1, -0.05) is 49.9 Å². The number of likely N-dealkylation sites (N-methyl/N-ethyl adjacent to an activating group) is 2. The Morgan fingerprint density at radius 2 is 1.91 bits per heavy atom. The van der Waals surface area contributed by atoms with Gasteiger partial charge in [0.25, 0.3) is 0 Å². The summed E-state index contributed by atoms with van der Waals surface area (Å²) in [7, 11) is 1.79. The third kappa shape index (κ3) is 5.27. The molecule has 0 spiro atoms. The van der Waals surface area contributed by atoms with Gasteiger partial charge in [0.15, 0.2) is 0 Å². The van der Waals surface area contributed by atoms with E-state index in [1.807, 2.05) is 0 Å². The summed E-state index contributed by atoms with van der Waals surface area (Å²) in [6.07, 6.45) is 2.94. The standard InChI is InChI=1S/C11H18N2O.C9H12.H2/c1-5-13-7-6-11(12(4)8-14)9(2)10(13)3;1-3-9-6-4-8(2)5-7-9;/h8,11H,2-3,5-7H2,1,4H3;4-7H,3H2,1-2H3;1H. The number of piperidine rings is 1. The second kappa shape index (κ2) is 9.19. The molecule has 3 nitrogen and oxygen atoms in total. The Labute approximate surface area is 142 Å². The number of amides is 1. The van der Waals surface area contributed by atoms with Crippen LogP contribution in [0.2, 0.25) is 0 Å². The lowest BCUT2D eigenvalue weighted by atomic mass is 9.96. The molecule has 1 unspecified atom stereocenters. The highest BCUT2D eigenvalue weighted by molar-refractivity contribution is 5.50. The Balaban J connectivity index is 0.000000460. The highest BCUT2D eigenvalue weighted by atomic mass is 16.1. The van der Waals surface area contributed by atoms with E-state index in [9.17, 15) is 4.79 Å². The first-order valence-corrected chi connectivity index (χ1v) is 8.30. The summed E-state index contributed by atoms with van der Waals surface area (Å²) in [6.45, 7) is 16.3. The van der Waals surface area contributed by atoms with Gasteiger partial charge >= 0.3 is 0 Å². The zero-order valence-electron chi connectivity index (χ0n) is 15.0. The fourth-order valence-corrected chi connectivity index (χ4v) is 2.68. The molecular formula is C20H32N2O. The molecule has 1 atom stereocenters. The molecule has 1 aliphatic rings. The molecular weight excluding hydrogens is 284 g/mol. The van der Waals surface area contributed by atoms with Crippen molar-refractivity contribution in [2.75, 3.05) is 20.1 Å². The minimum Gasteiger partial charge on any atom is -0.372 e. The summed E-state index contributed by atoms with van der Waals surface area (Å²) in [5, 5.41) is 0. The van der Waals surface area contributed by atoms with Crippen molar-refractivity contribution >= 4 is 6.41 Å². The molecule has 0 aliphatic carbocycles. The van der Waals surface area contributed by atoms with Gasteiger partial charge < -0.3 is 9.80 Å². The number of hydrogen-bond donors (Lipinski definition) is 0. The SMILES string of the molecule is C=C1C(=C)N(CC)CCC1N(C)C=O.CCc1ccc(C)cc1.[HH]. The van der Waals surface area contributed by atoms with Gasteiger partial charge in [0.05, 0.1) is 6.04 Å². The maximum absolute atomic E-state index is 10.6. The molecule has 1 saturated heterocycles. The van der Waals surface area contributed by atoms with Crippen LogP contribution in [0.25, 0.3) is 0 Å². The normalized spacial score (nSPS) is 17.4. The van der Waals surface area contributed by atoms with E-state index in [0.717, 1.165) is 43.6 Å². The van der Waals surface area contributed by atoms with Crippen molar-refractivity contribution in [1.82, 2.24) is 9.80 Å². The number of carbonyl (C=O) groups is 1. The minimum atomic E-state index is 0. The quantitative estimate of drug-likeness (QED) is 0.783. The topological polar surface area (TPSA) is 23.6 Å². The lowest BCUT2D eigenvalue weighted by molar-refractivity contribution is -0.118. The van der Waals surface area contributed by atoms with Gasteiger partial charge in [0.2, 0.25) is 6.41 Å². The van der Waals surface area contributed by atoms with Crippen LogP contribution in [0.5, 0.6) is 0 Å². The average Bonchev–Trinajstić information content (AvgIpc) is 2.58. The molecule has 0 radical (unpaired) electrons. The third-order valence-electron chi connectivity index (χ3n) is 4.40.